The Hall–Kier alpha value is -3.41. The minimum Gasteiger partial charge on any atom is -0.462 e. The number of ether oxygens (including phenoxy) is 2. The van der Waals surface area contributed by atoms with E-state index >= 15 is 0 Å². The highest BCUT2D eigenvalue weighted by Gasteiger charge is 2.29. The van der Waals surface area contributed by atoms with E-state index in [0.29, 0.717) is 24.4 Å². The molecule has 0 bridgehead atoms. The van der Waals surface area contributed by atoms with Crippen molar-refractivity contribution in [2.24, 2.45) is 0 Å². The van der Waals surface area contributed by atoms with E-state index in [2.05, 4.69) is 9.97 Å². The van der Waals surface area contributed by atoms with Crippen molar-refractivity contribution in [3.63, 3.8) is 0 Å². The van der Waals surface area contributed by atoms with E-state index in [1.54, 1.807) is 25.3 Å². The van der Waals surface area contributed by atoms with Gasteiger partial charge in [-0.3, -0.25) is 4.79 Å². The third-order valence-corrected chi connectivity index (χ3v) is 4.61. The Labute approximate surface area is 182 Å². The molecule has 0 saturated heterocycles. The summed E-state index contributed by atoms with van der Waals surface area (Å²) in [7, 11) is 0. The summed E-state index contributed by atoms with van der Waals surface area (Å²) in [5.41, 5.74) is 2.53. The fourth-order valence-corrected chi connectivity index (χ4v) is 3.18. The van der Waals surface area contributed by atoms with Crippen LogP contribution >= 0.6 is 0 Å². The van der Waals surface area contributed by atoms with E-state index in [9.17, 15) is 9.59 Å². The SMILES string of the molecule is CCOC(=O)c1ccc(-c2cnc([C@H](Cc3ccccc3)C(=O)OC(C)(C)C)[nH]2)cc1. The Kier molecular flexibility index (Phi) is 6.90. The summed E-state index contributed by atoms with van der Waals surface area (Å²) in [6.07, 6.45) is 2.17. The maximum Gasteiger partial charge on any atom is 0.338 e. The van der Waals surface area contributed by atoms with Crippen LogP contribution in [0.25, 0.3) is 11.3 Å². The quantitative estimate of drug-likeness (QED) is 0.549. The normalized spacial score (nSPS) is 12.3. The number of aromatic nitrogens is 2. The molecule has 162 valence electrons. The van der Waals surface area contributed by atoms with Gasteiger partial charge in [0.25, 0.3) is 0 Å². The number of carbonyl (C=O) groups is 2. The van der Waals surface area contributed by atoms with Crippen molar-refractivity contribution in [3.05, 3.63) is 77.7 Å². The molecule has 1 aromatic heterocycles. The first-order valence-corrected chi connectivity index (χ1v) is 10.4. The molecule has 0 spiro atoms. The lowest BCUT2D eigenvalue weighted by Gasteiger charge is -2.23. The van der Waals surface area contributed by atoms with E-state index in [1.807, 2.05) is 63.2 Å². The van der Waals surface area contributed by atoms with Crippen LogP contribution in [-0.4, -0.2) is 34.1 Å². The van der Waals surface area contributed by atoms with Gasteiger partial charge >= 0.3 is 11.9 Å². The Balaban J connectivity index is 1.85. The summed E-state index contributed by atoms with van der Waals surface area (Å²) in [4.78, 5) is 32.6. The highest BCUT2D eigenvalue weighted by Crippen LogP contribution is 2.26. The Morgan fingerprint density at radius 3 is 2.32 bits per heavy atom. The third-order valence-electron chi connectivity index (χ3n) is 4.61. The average Bonchev–Trinajstić information content (AvgIpc) is 3.21. The van der Waals surface area contributed by atoms with Gasteiger partial charge in [0, 0.05) is 0 Å². The number of rotatable bonds is 7. The van der Waals surface area contributed by atoms with Crippen LogP contribution in [0.5, 0.6) is 0 Å². The molecule has 0 radical (unpaired) electrons. The average molecular weight is 421 g/mol. The Morgan fingerprint density at radius 1 is 1.03 bits per heavy atom. The number of H-pyrrole nitrogens is 1. The predicted molar refractivity (Wildman–Crippen MR) is 119 cm³/mol. The van der Waals surface area contributed by atoms with Crippen molar-refractivity contribution in [3.8, 4) is 11.3 Å². The molecule has 0 saturated carbocycles. The fourth-order valence-electron chi connectivity index (χ4n) is 3.18. The molecule has 2 aromatic carbocycles. The predicted octanol–water partition coefficient (Wildman–Crippen LogP) is 4.92. The second kappa shape index (κ2) is 9.60. The van der Waals surface area contributed by atoms with E-state index < -0.39 is 11.5 Å². The van der Waals surface area contributed by atoms with Crippen LogP contribution < -0.4 is 0 Å². The number of benzene rings is 2. The minimum atomic E-state index is -0.593. The summed E-state index contributed by atoms with van der Waals surface area (Å²) in [6.45, 7) is 7.66. The number of nitrogens with zero attached hydrogens (tertiary/aromatic N) is 1. The van der Waals surface area contributed by atoms with Crippen molar-refractivity contribution in [1.29, 1.82) is 0 Å². The van der Waals surface area contributed by atoms with Crippen LogP contribution in [0.15, 0.2) is 60.8 Å². The van der Waals surface area contributed by atoms with Crippen molar-refractivity contribution in [1.82, 2.24) is 9.97 Å². The Bertz CT molecular complexity index is 1020. The number of aromatic amines is 1. The van der Waals surface area contributed by atoms with Gasteiger partial charge in [0.2, 0.25) is 0 Å². The first kappa shape index (κ1) is 22.3. The van der Waals surface area contributed by atoms with Crippen LogP contribution in [0.3, 0.4) is 0 Å². The number of hydrogen-bond donors (Lipinski definition) is 1. The molecule has 0 aliphatic heterocycles. The molecule has 3 aromatic rings. The van der Waals surface area contributed by atoms with Gasteiger partial charge < -0.3 is 14.5 Å². The minimum absolute atomic E-state index is 0.324. The number of carbonyl (C=O) groups excluding carboxylic acids is 2. The molecule has 0 aliphatic rings. The summed E-state index contributed by atoms with van der Waals surface area (Å²) >= 11 is 0. The zero-order chi connectivity index (χ0) is 22.4. The standard InChI is InChI=1S/C25H28N2O4/c1-5-30-23(28)19-13-11-18(12-14-19)21-16-26-22(27-21)20(24(29)31-25(2,3)4)15-17-9-7-6-8-10-17/h6-14,16,20H,5,15H2,1-4H3,(H,26,27)/t20-/m0/s1. The summed E-state index contributed by atoms with van der Waals surface area (Å²) in [5, 5.41) is 0. The Morgan fingerprint density at radius 2 is 1.71 bits per heavy atom. The molecule has 1 heterocycles. The van der Waals surface area contributed by atoms with Gasteiger partial charge in [-0.15, -0.1) is 0 Å². The lowest BCUT2D eigenvalue weighted by Crippen LogP contribution is -2.29. The van der Waals surface area contributed by atoms with Crippen molar-refractivity contribution in [2.45, 2.75) is 45.6 Å². The van der Waals surface area contributed by atoms with Crippen molar-refractivity contribution < 1.29 is 19.1 Å². The fraction of sp³-hybridized carbons (Fsp3) is 0.320. The zero-order valence-electron chi connectivity index (χ0n) is 18.3. The lowest BCUT2D eigenvalue weighted by atomic mass is 9.98. The van der Waals surface area contributed by atoms with Gasteiger partial charge in [-0.2, -0.15) is 0 Å². The molecule has 1 N–H and O–H groups in total. The van der Waals surface area contributed by atoms with Crippen LogP contribution in [0.2, 0.25) is 0 Å². The summed E-state index contributed by atoms with van der Waals surface area (Å²) in [6, 6.07) is 16.9. The van der Waals surface area contributed by atoms with Gasteiger partial charge in [-0.1, -0.05) is 42.5 Å². The van der Waals surface area contributed by atoms with Crippen LogP contribution in [0, 0.1) is 0 Å². The highest BCUT2D eigenvalue weighted by atomic mass is 16.6. The van der Waals surface area contributed by atoms with Gasteiger partial charge in [0.05, 0.1) is 24.1 Å². The second-order valence-corrected chi connectivity index (χ2v) is 8.26. The molecule has 6 nitrogen and oxygen atoms in total. The van der Waals surface area contributed by atoms with E-state index in [-0.39, 0.29) is 11.9 Å². The molecule has 6 heteroatoms. The molecule has 0 amide bonds. The number of hydrogen-bond acceptors (Lipinski definition) is 5. The van der Waals surface area contributed by atoms with Crippen LogP contribution in [0.4, 0.5) is 0 Å². The van der Waals surface area contributed by atoms with Gasteiger partial charge in [0.1, 0.15) is 17.3 Å². The first-order valence-electron chi connectivity index (χ1n) is 10.4. The number of nitrogens with one attached hydrogen (secondary N) is 1. The van der Waals surface area contributed by atoms with Crippen molar-refractivity contribution >= 4 is 11.9 Å². The topological polar surface area (TPSA) is 81.3 Å². The molecule has 31 heavy (non-hydrogen) atoms. The molecule has 0 fully saturated rings. The molecule has 1 atom stereocenters. The lowest BCUT2D eigenvalue weighted by molar-refractivity contribution is -0.156. The molecular formula is C25H28N2O4. The molecule has 0 aliphatic carbocycles. The largest absolute Gasteiger partial charge is 0.462 e. The van der Waals surface area contributed by atoms with Crippen molar-refractivity contribution in [2.75, 3.05) is 6.61 Å². The number of esters is 2. The van der Waals surface area contributed by atoms with E-state index in [4.69, 9.17) is 9.47 Å². The van der Waals surface area contributed by atoms with Gasteiger partial charge in [-0.25, -0.2) is 9.78 Å². The van der Waals surface area contributed by atoms with E-state index in [1.165, 1.54) is 0 Å². The smallest absolute Gasteiger partial charge is 0.338 e. The summed E-state index contributed by atoms with van der Waals surface area (Å²) < 4.78 is 10.7. The van der Waals surface area contributed by atoms with Crippen LogP contribution in [-0.2, 0) is 20.7 Å². The second-order valence-electron chi connectivity index (χ2n) is 8.26. The molecule has 0 unspecified atom stereocenters. The molecular weight excluding hydrogens is 392 g/mol. The summed E-state index contributed by atoms with van der Waals surface area (Å²) in [5.74, 6) is -0.695. The third kappa shape index (κ3) is 6.04. The first-order chi connectivity index (χ1) is 14.8. The molecule has 3 rings (SSSR count). The van der Waals surface area contributed by atoms with Crippen LogP contribution in [0.1, 0.15) is 55.4 Å². The maximum atomic E-state index is 13.0. The monoisotopic (exact) mass is 420 g/mol. The maximum absolute atomic E-state index is 13.0. The van der Waals surface area contributed by atoms with Gasteiger partial charge in [-0.05, 0) is 57.4 Å². The zero-order valence-corrected chi connectivity index (χ0v) is 18.3. The number of imidazole rings is 1. The van der Waals surface area contributed by atoms with E-state index in [0.717, 1.165) is 16.8 Å². The van der Waals surface area contributed by atoms with Gasteiger partial charge in [0.15, 0.2) is 0 Å². The highest BCUT2D eigenvalue weighted by molar-refractivity contribution is 5.90.